The Balaban J connectivity index is 2.46. The summed E-state index contributed by atoms with van der Waals surface area (Å²) in [5.74, 6) is 2.39. The lowest BCUT2D eigenvalue weighted by molar-refractivity contribution is 0.272. The topological polar surface area (TPSA) is 18.5 Å². The first kappa shape index (κ1) is 12.7. The quantitative estimate of drug-likeness (QED) is 0.802. The van der Waals surface area contributed by atoms with Crippen molar-refractivity contribution in [1.82, 2.24) is 0 Å². The van der Waals surface area contributed by atoms with Gasteiger partial charge in [-0.05, 0) is 42.0 Å². The van der Waals surface area contributed by atoms with Crippen LogP contribution in [0, 0.1) is 12.8 Å². The van der Waals surface area contributed by atoms with Gasteiger partial charge in [-0.3, -0.25) is 0 Å². The van der Waals surface area contributed by atoms with Gasteiger partial charge >= 0.3 is 0 Å². The van der Waals surface area contributed by atoms with Gasteiger partial charge in [0.15, 0.2) is 0 Å². The maximum Gasteiger partial charge on any atom is 0.130 e. The molecule has 2 aromatic rings. The first-order valence-corrected chi connectivity index (χ1v) is 6.32. The van der Waals surface area contributed by atoms with Crippen LogP contribution in [0.3, 0.4) is 0 Å². The van der Waals surface area contributed by atoms with Gasteiger partial charge < -0.3 is 9.47 Å². The smallest absolute Gasteiger partial charge is 0.130 e. The Hall–Kier alpha value is -1.70. The maximum absolute atomic E-state index is 5.94. The molecule has 2 aromatic carbocycles. The number of fused-ring (bicyclic) bond motifs is 1. The van der Waals surface area contributed by atoms with Crippen LogP contribution in [-0.4, -0.2) is 13.7 Å². The molecule has 0 heterocycles. The Bertz CT molecular complexity index is 544. The molecule has 0 N–H and O–H groups in total. The lowest BCUT2D eigenvalue weighted by Gasteiger charge is -2.14. The molecule has 0 fully saturated rings. The first-order valence-electron chi connectivity index (χ1n) is 6.32. The molecule has 0 aliphatic heterocycles. The summed E-state index contributed by atoms with van der Waals surface area (Å²) in [6.45, 7) is 7.14. The number of aryl methyl sites for hydroxylation is 1. The van der Waals surface area contributed by atoms with Gasteiger partial charge in [0.25, 0.3) is 0 Å². The molecule has 0 saturated heterocycles. The van der Waals surface area contributed by atoms with Gasteiger partial charge in [-0.15, -0.1) is 0 Å². The molecule has 0 aromatic heterocycles. The molecule has 0 spiro atoms. The summed E-state index contributed by atoms with van der Waals surface area (Å²) >= 11 is 0. The van der Waals surface area contributed by atoms with Crippen molar-refractivity contribution in [2.75, 3.05) is 13.7 Å². The van der Waals surface area contributed by atoms with E-state index in [1.807, 2.05) is 12.1 Å². The van der Waals surface area contributed by atoms with Gasteiger partial charge in [-0.1, -0.05) is 26.0 Å². The Morgan fingerprint density at radius 1 is 1.11 bits per heavy atom. The third kappa shape index (κ3) is 2.58. The van der Waals surface area contributed by atoms with Crippen LogP contribution in [0.1, 0.15) is 19.4 Å². The molecule has 0 unspecified atom stereocenters. The summed E-state index contributed by atoms with van der Waals surface area (Å²) in [7, 11) is 1.69. The summed E-state index contributed by atoms with van der Waals surface area (Å²) in [6.07, 6.45) is 0. The van der Waals surface area contributed by atoms with Crippen molar-refractivity contribution in [1.29, 1.82) is 0 Å². The molecule has 0 aliphatic carbocycles. The molecule has 0 atom stereocenters. The number of hydrogen-bond acceptors (Lipinski definition) is 2. The number of methoxy groups -OCH3 is 1. The van der Waals surface area contributed by atoms with E-state index in [1.165, 1.54) is 5.56 Å². The molecule has 0 bridgehead atoms. The molecule has 96 valence electrons. The number of rotatable bonds is 4. The fourth-order valence-electron chi connectivity index (χ4n) is 1.96. The van der Waals surface area contributed by atoms with Crippen LogP contribution >= 0.6 is 0 Å². The van der Waals surface area contributed by atoms with Gasteiger partial charge in [0.05, 0.1) is 13.7 Å². The average molecular weight is 244 g/mol. The minimum Gasteiger partial charge on any atom is -0.497 e. The third-order valence-electron chi connectivity index (χ3n) is 2.94. The fraction of sp³-hybridized carbons (Fsp3) is 0.375. The Morgan fingerprint density at radius 3 is 2.56 bits per heavy atom. The van der Waals surface area contributed by atoms with Crippen LogP contribution in [0.25, 0.3) is 10.8 Å². The van der Waals surface area contributed by atoms with E-state index in [-0.39, 0.29) is 0 Å². The molecular weight excluding hydrogens is 224 g/mol. The van der Waals surface area contributed by atoms with Crippen LogP contribution in [0.5, 0.6) is 11.5 Å². The standard InChI is InChI=1S/C16H20O2/c1-11(2)10-18-16-12(3)5-6-13-9-14(17-4)7-8-15(13)16/h5-9,11H,10H2,1-4H3. The predicted molar refractivity (Wildman–Crippen MR) is 75.6 cm³/mol. The van der Waals surface area contributed by atoms with Gasteiger partial charge in [0.1, 0.15) is 11.5 Å². The van der Waals surface area contributed by atoms with E-state index in [1.54, 1.807) is 7.11 Å². The SMILES string of the molecule is COc1ccc2c(OCC(C)C)c(C)ccc2c1. The highest BCUT2D eigenvalue weighted by Crippen LogP contribution is 2.32. The van der Waals surface area contributed by atoms with Crippen molar-refractivity contribution in [2.24, 2.45) is 5.92 Å². The van der Waals surface area contributed by atoms with Crippen molar-refractivity contribution in [3.05, 3.63) is 35.9 Å². The average Bonchev–Trinajstić information content (AvgIpc) is 2.36. The van der Waals surface area contributed by atoms with Crippen LogP contribution in [0.15, 0.2) is 30.3 Å². The van der Waals surface area contributed by atoms with Gasteiger partial charge in [-0.2, -0.15) is 0 Å². The summed E-state index contributed by atoms with van der Waals surface area (Å²) < 4.78 is 11.2. The van der Waals surface area contributed by atoms with Gasteiger partial charge in [0.2, 0.25) is 0 Å². The van der Waals surface area contributed by atoms with Crippen LogP contribution in [0.2, 0.25) is 0 Å². The van der Waals surface area contributed by atoms with Crippen molar-refractivity contribution >= 4 is 10.8 Å². The number of hydrogen-bond donors (Lipinski definition) is 0. The minimum atomic E-state index is 0.526. The highest BCUT2D eigenvalue weighted by Gasteiger charge is 2.07. The largest absolute Gasteiger partial charge is 0.497 e. The molecule has 0 amide bonds. The van der Waals surface area contributed by atoms with Crippen molar-refractivity contribution in [3.8, 4) is 11.5 Å². The fourth-order valence-corrected chi connectivity index (χ4v) is 1.96. The van der Waals surface area contributed by atoms with E-state index in [4.69, 9.17) is 9.47 Å². The zero-order valence-corrected chi connectivity index (χ0v) is 11.5. The highest BCUT2D eigenvalue weighted by atomic mass is 16.5. The number of benzene rings is 2. The second-order valence-corrected chi connectivity index (χ2v) is 5.00. The summed E-state index contributed by atoms with van der Waals surface area (Å²) in [5, 5.41) is 2.30. The Kier molecular flexibility index (Phi) is 3.75. The lowest BCUT2D eigenvalue weighted by atomic mass is 10.1. The van der Waals surface area contributed by atoms with E-state index in [2.05, 4.69) is 39.0 Å². The van der Waals surface area contributed by atoms with E-state index < -0.39 is 0 Å². The molecule has 0 aliphatic rings. The van der Waals surface area contributed by atoms with Crippen LogP contribution in [0.4, 0.5) is 0 Å². The van der Waals surface area contributed by atoms with Crippen molar-refractivity contribution in [2.45, 2.75) is 20.8 Å². The van der Waals surface area contributed by atoms with Crippen LogP contribution in [-0.2, 0) is 0 Å². The minimum absolute atomic E-state index is 0.526. The van der Waals surface area contributed by atoms with E-state index >= 15 is 0 Å². The Morgan fingerprint density at radius 2 is 1.89 bits per heavy atom. The molecule has 0 radical (unpaired) electrons. The van der Waals surface area contributed by atoms with Gasteiger partial charge in [-0.25, -0.2) is 0 Å². The lowest BCUT2D eigenvalue weighted by Crippen LogP contribution is -2.05. The van der Waals surface area contributed by atoms with Crippen LogP contribution < -0.4 is 9.47 Å². The van der Waals surface area contributed by atoms with E-state index in [0.717, 1.165) is 28.9 Å². The van der Waals surface area contributed by atoms with Crippen molar-refractivity contribution in [3.63, 3.8) is 0 Å². The maximum atomic E-state index is 5.94. The zero-order chi connectivity index (χ0) is 13.1. The molecule has 2 nitrogen and oxygen atoms in total. The second-order valence-electron chi connectivity index (χ2n) is 5.00. The summed E-state index contributed by atoms with van der Waals surface area (Å²) in [5.41, 5.74) is 1.17. The van der Waals surface area contributed by atoms with Gasteiger partial charge in [0, 0.05) is 5.39 Å². The molecule has 0 saturated carbocycles. The summed E-state index contributed by atoms with van der Waals surface area (Å²) in [4.78, 5) is 0. The zero-order valence-electron chi connectivity index (χ0n) is 11.5. The predicted octanol–water partition coefficient (Wildman–Crippen LogP) is 4.19. The Labute approximate surface area is 109 Å². The monoisotopic (exact) mass is 244 g/mol. The molecule has 2 heteroatoms. The first-order chi connectivity index (χ1) is 8.61. The molecule has 2 rings (SSSR count). The third-order valence-corrected chi connectivity index (χ3v) is 2.94. The van der Waals surface area contributed by atoms with Crippen molar-refractivity contribution < 1.29 is 9.47 Å². The highest BCUT2D eigenvalue weighted by molar-refractivity contribution is 5.90. The van der Waals surface area contributed by atoms with E-state index in [0.29, 0.717) is 5.92 Å². The molecular formula is C16H20O2. The normalized spacial score (nSPS) is 10.9. The summed E-state index contributed by atoms with van der Waals surface area (Å²) in [6, 6.07) is 10.3. The second kappa shape index (κ2) is 5.30. The molecule has 18 heavy (non-hydrogen) atoms. The number of ether oxygens (including phenoxy) is 2. The van der Waals surface area contributed by atoms with E-state index in [9.17, 15) is 0 Å².